The predicted molar refractivity (Wildman–Crippen MR) is 73.6 cm³/mol. The Morgan fingerprint density at radius 2 is 2.17 bits per heavy atom. The molecule has 0 aromatic heterocycles. The molecule has 1 fully saturated rings. The third kappa shape index (κ3) is 3.15. The molecule has 0 atom stereocenters. The lowest BCUT2D eigenvalue weighted by Crippen LogP contribution is -2.36. The lowest BCUT2D eigenvalue weighted by molar-refractivity contribution is -0.113. The third-order valence-electron chi connectivity index (χ3n) is 2.95. The smallest absolute Gasteiger partial charge is 0.239 e. The van der Waals surface area contributed by atoms with Gasteiger partial charge in [0, 0.05) is 24.5 Å². The molecule has 98 valence electrons. The number of ether oxygens (including phenoxy) is 1. The molecular weight excluding hydrogens is 252 g/mol. The molecule has 18 heavy (non-hydrogen) atoms. The number of halogens is 1. The first-order valence-electron chi connectivity index (χ1n) is 6.00. The molecule has 0 radical (unpaired) electrons. The topological polar surface area (TPSA) is 41.6 Å². The van der Waals surface area contributed by atoms with Crippen LogP contribution in [0.1, 0.15) is 5.56 Å². The van der Waals surface area contributed by atoms with E-state index in [1.165, 1.54) is 5.69 Å². The fourth-order valence-corrected chi connectivity index (χ4v) is 2.15. The number of nitrogens with one attached hydrogen (secondary N) is 1. The van der Waals surface area contributed by atoms with Gasteiger partial charge in [0.15, 0.2) is 0 Å². The van der Waals surface area contributed by atoms with E-state index in [4.69, 9.17) is 16.3 Å². The fraction of sp³-hybridized carbons (Fsp3) is 0.462. The van der Waals surface area contributed by atoms with Gasteiger partial charge < -0.3 is 15.0 Å². The molecule has 1 aliphatic rings. The van der Waals surface area contributed by atoms with Crippen LogP contribution < -0.4 is 10.2 Å². The number of anilines is 2. The number of benzene rings is 1. The first-order valence-corrected chi connectivity index (χ1v) is 6.53. The van der Waals surface area contributed by atoms with E-state index in [2.05, 4.69) is 10.2 Å². The Balaban J connectivity index is 2.11. The Labute approximate surface area is 112 Å². The van der Waals surface area contributed by atoms with Crippen LogP contribution in [0.3, 0.4) is 0 Å². The van der Waals surface area contributed by atoms with Gasteiger partial charge in [0.25, 0.3) is 0 Å². The summed E-state index contributed by atoms with van der Waals surface area (Å²) in [6, 6.07) is 5.90. The van der Waals surface area contributed by atoms with E-state index in [1.807, 2.05) is 25.1 Å². The third-order valence-corrected chi connectivity index (χ3v) is 3.20. The molecule has 1 aliphatic heterocycles. The molecule has 1 heterocycles. The van der Waals surface area contributed by atoms with E-state index in [0.29, 0.717) is 0 Å². The maximum Gasteiger partial charge on any atom is 0.239 e. The minimum atomic E-state index is -0.185. The Kier molecular flexibility index (Phi) is 4.44. The molecule has 1 N–H and O–H groups in total. The average molecular weight is 269 g/mol. The minimum absolute atomic E-state index is 0.0235. The van der Waals surface area contributed by atoms with E-state index in [1.54, 1.807) is 0 Å². The van der Waals surface area contributed by atoms with Crippen LogP contribution >= 0.6 is 11.6 Å². The van der Waals surface area contributed by atoms with Gasteiger partial charge in [-0.05, 0) is 30.7 Å². The second kappa shape index (κ2) is 6.07. The molecule has 1 aromatic carbocycles. The first-order chi connectivity index (χ1) is 8.70. The molecule has 5 heteroatoms. The van der Waals surface area contributed by atoms with Crippen LogP contribution in [0.2, 0.25) is 0 Å². The van der Waals surface area contributed by atoms with Crippen molar-refractivity contribution in [1.82, 2.24) is 0 Å². The van der Waals surface area contributed by atoms with Gasteiger partial charge >= 0.3 is 0 Å². The number of hydrogen-bond acceptors (Lipinski definition) is 3. The van der Waals surface area contributed by atoms with Crippen LogP contribution in [0.4, 0.5) is 11.4 Å². The highest BCUT2D eigenvalue weighted by molar-refractivity contribution is 6.29. The molecule has 1 aromatic rings. The van der Waals surface area contributed by atoms with Gasteiger partial charge in [0.05, 0.1) is 13.2 Å². The summed E-state index contributed by atoms with van der Waals surface area (Å²) in [5.41, 5.74) is 3.13. The summed E-state index contributed by atoms with van der Waals surface area (Å²) in [6.07, 6.45) is 0. The van der Waals surface area contributed by atoms with Crippen LogP contribution in [0.15, 0.2) is 18.2 Å². The zero-order chi connectivity index (χ0) is 13.0. The van der Waals surface area contributed by atoms with Crippen molar-refractivity contribution in [1.29, 1.82) is 0 Å². The summed E-state index contributed by atoms with van der Waals surface area (Å²) in [5, 5.41) is 2.75. The standard InChI is InChI=1S/C13H17ClN2O2/c1-10-8-11(15-13(17)9-14)2-3-12(10)16-4-6-18-7-5-16/h2-3,8H,4-7,9H2,1H3,(H,15,17). The molecule has 0 saturated carbocycles. The van der Waals surface area contributed by atoms with Gasteiger partial charge in [-0.2, -0.15) is 0 Å². The highest BCUT2D eigenvalue weighted by atomic mass is 35.5. The summed E-state index contributed by atoms with van der Waals surface area (Å²) in [7, 11) is 0. The van der Waals surface area contributed by atoms with Crippen LogP contribution in [0.25, 0.3) is 0 Å². The predicted octanol–water partition coefficient (Wildman–Crippen LogP) is 2.01. The van der Waals surface area contributed by atoms with Crippen LogP contribution in [0.5, 0.6) is 0 Å². The number of amides is 1. The normalized spacial score (nSPS) is 15.6. The molecule has 0 bridgehead atoms. The lowest BCUT2D eigenvalue weighted by Gasteiger charge is -2.30. The van der Waals surface area contributed by atoms with Crippen molar-refractivity contribution >= 4 is 28.9 Å². The Morgan fingerprint density at radius 1 is 1.44 bits per heavy atom. The van der Waals surface area contributed by atoms with E-state index in [-0.39, 0.29) is 11.8 Å². The van der Waals surface area contributed by atoms with E-state index in [0.717, 1.165) is 37.6 Å². The average Bonchev–Trinajstić information content (AvgIpc) is 2.40. The van der Waals surface area contributed by atoms with Crippen molar-refractivity contribution in [2.24, 2.45) is 0 Å². The number of nitrogens with zero attached hydrogens (tertiary/aromatic N) is 1. The summed E-state index contributed by atoms with van der Waals surface area (Å²) in [4.78, 5) is 13.5. The number of carbonyl (C=O) groups excluding carboxylic acids is 1. The fourth-order valence-electron chi connectivity index (χ4n) is 2.09. The zero-order valence-electron chi connectivity index (χ0n) is 10.4. The summed E-state index contributed by atoms with van der Waals surface area (Å²) in [6.45, 7) is 5.40. The van der Waals surface area contributed by atoms with Crippen molar-refractivity contribution in [3.63, 3.8) is 0 Å². The van der Waals surface area contributed by atoms with Crippen molar-refractivity contribution in [2.75, 3.05) is 42.4 Å². The number of rotatable bonds is 3. The Hall–Kier alpha value is -1.26. The Morgan fingerprint density at radius 3 is 2.78 bits per heavy atom. The van der Waals surface area contributed by atoms with E-state index >= 15 is 0 Å². The number of alkyl halides is 1. The summed E-state index contributed by atoms with van der Waals surface area (Å²) >= 11 is 5.46. The SMILES string of the molecule is Cc1cc(NC(=O)CCl)ccc1N1CCOCC1. The van der Waals surface area contributed by atoms with Gasteiger partial charge in [-0.15, -0.1) is 11.6 Å². The van der Waals surface area contributed by atoms with Gasteiger partial charge in [0.2, 0.25) is 5.91 Å². The summed E-state index contributed by atoms with van der Waals surface area (Å²) < 4.78 is 5.34. The number of morpholine rings is 1. The van der Waals surface area contributed by atoms with E-state index < -0.39 is 0 Å². The lowest BCUT2D eigenvalue weighted by atomic mass is 10.1. The zero-order valence-corrected chi connectivity index (χ0v) is 11.2. The quantitative estimate of drug-likeness (QED) is 0.853. The molecule has 0 unspecified atom stereocenters. The molecule has 0 spiro atoms. The maximum absolute atomic E-state index is 11.2. The minimum Gasteiger partial charge on any atom is -0.378 e. The van der Waals surface area contributed by atoms with Crippen LogP contribution in [-0.2, 0) is 9.53 Å². The maximum atomic E-state index is 11.2. The van der Waals surface area contributed by atoms with Gasteiger partial charge in [-0.3, -0.25) is 4.79 Å². The molecule has 4 nitrogen and oxygen atoms in total. The molecule has 0 aliphatic carbocycles. The highest BCUT2D eigenvalue weighted by Gasteiger charge is 2.13. The second-order valence-corrected chi connectivity index (χ2v) is 4.55. The Bertz CT molecular complexity index is 431. The first kappa shape index (κ1) is 13.2. The number of hydrogen-bond donors (Lipinski definition) is 1. The largest absolute Gasteiger partial charge is 0.378 e. The van der Waals surface area contributed by atoms with Crippen LogP contribution in [0, 0.1) is 6.92 Å². The number of aryl methyl sites for hydroxylation is 1. The van der Waals surface area contributed by atoms with Crippen LogP contribution in [-0.4, -0.2) is 38.1 Å². The molecule has 1 amide bonds. The molecule has 1 saturated heterocycles. The second-order valence-electron chi connectivity index (χ2n) is 4.28. The summed E-state index contributed by atoms with van der Waals surface area (Å²) in [5.74, 6) is -0.209. The molecular formula is C13H17ClN2O2. The van der Waals surface area contributed by atoms with Gasteiger partial charge in [-0.25, -0.2) is 0 Å². The van der Waals surface area contributed by atoms with Crippen molar-refractivity contribution in [2.45, 2.75) is 6.92 Å². The molecule has 2 rings (SSSR count). The monoisotopic (exact) mass is 268 g/mol. The highest BCUT2D eigenvalue weighted by Crippen LogP contribution is 2.24. The van der Waals surface area contributed by atoms with Gasteiger partial charge in [0.1, 0.15) is 5.88 Å². The van der Waals surface area contributed by atoms with E-state index in [9.17, 15) is 4.79 Å². The van der Waals surface area contributed by atoms with Crippen molar-refractivity contribution in [3.05, 3.63) is 23.8 Å². The van der Waals surface area contributed by atoms with Crippen molar-refractivity contribution in [3.8, 4) is 0 Å². The number of carbonyl (C=O) groups is 1. The van der Waals surface area contributed by atoms with Crippen molar-refractivity contribution < 1.29 is 9.53 Å². The van der Waals surface area contributed by atoms with Gasteiger partial charge in [-0.1, -0.05) is 0 Å².